The number of hydrogen-bond donors (Lipinski definition) is 0. The Kier molecular flexibility index (Phi) is 7.90. The molecule has 158 valence electrons. The number of benzene rings is 1. The van der Waals surface area contributed by atoms with Crippen LogP contribution in [0.4, 0.5) is 13.2 Å². The van der Waals surface area contributed by atoms with E-state index >= 15 is 0 Å². The van der Waals surface area contributed by atoms with Gasteiger partial charge in [0.2, 0.25) is 0 Å². The highest BCUT2D eigenvalue weighted by Gasteiger charge is 2.32. The van der Waals surface area contributed by atoms with Crippen molar-refractivity contribution in [2.45, 2.75) is 95.1 Å². The van der Waals surface area contributed by atoms with Crippen molar-refractivity contribution in [2.24, 2.45) is 11.8 Å². The van der Waals surface area contributed by atoms with Crippen molar-refractivity contribution in [3.05, 3.63) is 29.8 Å². The Morgan fingerprint density at radius 1 is 0.893 bits per heavy atom. The summed E-state index contributed by atoms with van der Waals surface area (Å²) in [6.07, 6.45) is 7.49. The average Bonchev–Trinajstić information content (AvgIpc) is 2.68. The highest BCUT2D eigenvalue weighted by atomic mass is 28.3. The van der Waals surface area contributed by atoms with Gasteiger partial charge >= 0.3 is 6.36 Å². The van der Waals surface area contributed by atoms with Gasteiger partial charge in [-0.3, -0.25) is 0 Å². The molecule has 0 bridgehead atoms. The maximum atomic E-state index is 12.3. The van der Waals surface area contributed by atoms with Crippen molar-refractivity contribution in [2.75, 3.05) is 0 Å². The van der Waals surface area contributed by atoms with Gasteiger partial charge in [-0.05, 0) is 61.1 Å². The van der Waals surface area contributed by atoms with Gasteiger partial charge in [-0.15, -0.1) is 13.2 Å². The van der Waals surface area contributed by atoms with Crippen molar-refractivity contribution in [3.63, 3.8) is 0 Å². The first-order valence-electron chi connectivity index (χ1n) is 11.3. The standard InChI is InChI=1S/C23H35F3OSi/c1-2-3-4-15-28-16-13-21(14-17-28)19-7-5-18(6-8-19)20-9-11-22(12-10-20)27-23(24,25)26/h9-12,18-19,21,28H,2-8,13-17H2,1H3. The molecule has 0 radical (unpaired) electrons. The molecule has 5 heteroatoms. The number of rotatable bonds is 7. The number of alkyl halides is 3. The zero-order valence-corrected chi connectivity index (χ0v) is 18.3. The highest BCUT2D eigenvalue weighted by molar-refractivity contribution is 6.58. The van der Waals surface area contributed by atoms with Crippen LogP contribution in [-0.2, 0) is 0 Å². The first-order chi connectivity index (χ1) is 13.4. The molecule has 2 aliphatic rings. The molecule has 0 atom stereocenters. The molecule has 2 fully saturated rings. The summed E-state index contributed by atoms with van der Waals surface area (Å²) >= 11 is 0. The van der Waals surface area contributed by atoms with E-state index < -0.39 is 15.2 Å². The monoisotopic (exact) mass is 412 g/mol. The summed E-state index contributed by atoms with van der Waals surface area (Å²) in [4.78, 5) is 0. The predicted molar refractivity (Wildman–Crippen MR) is 112 cm³/mol. The third-order valence-electron chi connectivity index (χ3n) is 7.13. The molecule has 1 aliphatic heterocycles. The van der Waals surface area contributed by atoms with Crippen LogP contribution in [0.1, 0.15) is 76.2 Å². The summed E-state index contributed by atoms with van der Waals surface area (Å²) < 4.78 is 40.9. The minimum absolute atomic E-state index is 0.121. The van der Waals surface area contributed by atoms with Crippen LogP contribution in [0.2, 0.25) is 18.1 Å². The second-order valence-corrected chi connectivity index (χ2v) is 12.5. The largest absolute Gasteiger partial charge is 0.573 e. The number of ether oxygens (including phenoxy) is 1. The van der Waals surface area contributed by atoms with E-state index in [4.69, 9.17) is 0 Å². The summed E-state index contributed by atoms with van der Waals surface area (Å²) in [6, 6.07) is 11.3. The van der Waals surface area contributed by atoms with Gasteiger partial charge in [-0.2, -0.15) is 0 Å². The summed E-state index contributed by atoms with van der Waals surface area (Å²) in [7, 11) is -0.424. The van der Waals surface area contributed by atoms with E-state index in [1.165, 1.54) is 75.5 Å². The molecule has 1 aliphatic carbocycles. The first kappa shape index (κ1) is 21.7. The molecule has 1 nitrogen and oxygen atoms in total. The Bertz CT molecular complexity index is 571. The van der Waals surface area contributed by atoms with Crippen molar-refractivity contribution >= 4 is 8.80 Å². The molecular formula is C23H35F3OSi. The molecule has 1 heterocycles. The Morgan fingerprint density at radius 2 is 1.50 bits per heavy atom. The van der Waals surface area contributed by atoms with Crippen LogP contribution in [0.5, 0.6) is 5.75 Å². The van der Waals surface area contributed by atoms with Gasteiger partial charge in [0.05, 0.1) is 0 Å². The second kappa shape index (κ2) is 10.2. The van der Waals surface area contributed by atoms with Crippen molar-refractivity contribution in [1.82, 2.24) is 0 Å². The lowest BCUT2D eigenvalue weighted by Gasteiger charge is -2.37. The average molecular weight is 413 g/mol. The third kappa shape index (κ3) is 6.53. The van der Waals surface area contributed by atoms with Gasteiger partial charge in [0, 0.05) is 8.80 Å². The summed E-state index contributed by atoms with van der Waals surface area (Å²) in [5.74, 6) is 2.20. The van der Waals surface area contributed by atoms with E-state index in [0.29, 0.717) is 5.92 Å². The maximum Gasteiger partial charge on any atom is 0.573 e. The molecule has 1 saturated heterocycles. The van der Waals surface area contributed by atoms with Crippen LogP contribution < -0.4 is 4.74 Å². The molecular weight excluding hydrogens is 377 g/mol. The fraction of sp³-hybridized carbons (Fsp3) is 0.739. The number of halogens is 3. The maximum absolute atomic E-state index is 12.3. The Balaban J connectivity index is 1.41. The van der Waals surface area contributed by atoms with Gasteiger partial charge in [0.25, 0.3) is 0 Å². The van der Waals surface area contributed by atoms with Crippen LogP contribution >= 0.6 is 0 Å². The molecule has 3 rings (SSSR count). The Morgan fingerprint density at radius 3 is 2.07 bits per heavy atom. The van der Waals surface area contributed by atoms with E-state index in [0.717, 1.165) is 11.8 Å². The lowest BCUT2D eigenvalue weighted by Crippen LogP contribution is -2.28. The summed E-state index contributed by atoms with van der Waals surface area (Å²) in [6.45, 7) is 2.29. The molecule has 1 aromatic carbocycles. The van der Waals surface area contributed by atoms with E-state index in [9.17, 15) is 13.2 Å². The topological polar surface area (TPSA) is 9.23 Å². The van der Waals surface area contributed by atoms with Crippen LogP contribution in [-0.4, -0.2) is 15.2 Å². The molecule has 0 unspecified atom stereocenters. The van der Waals surface area contributed by atoms with E-state index in [1.54, 1.807) is 18.1 Å². The molecule has 1 aromatic rings. The minimum atomic E-state index is -4.61. The lowest BCUT2D eigenvalue weighted by atomic mass is 9.72. The van der Waals surface area contributed by atoms with Gasteiger partial charge in [0.15, 0.2) is 0 Å². The van der Waals surface area contributed by atoms with Crippen LogP contribution in [0.15, 0.2) is 24.3 Å². The van der Waals surface area contributed by atoms with Gasteiger partial charge in [-0.1, -0.05) is 69.3 Å². The Labute approximate surface area is 169 Å². The quantitative estimate of drug-likeness (QED) is 0.329. The Hall–Kier alpha value is -0.973. The van der Waals surface area contributed by atoms with Crippen molar-refractivity contribution in [1.29, 1.82) is 0 Å². The van der Waals surface area contributed by atoms with Gasteiger partial charge < -0.3 is 4.74 Å². The molecule has 0 amide bonds. The van der Waals surface area contributed by atoms with E-state index in [2.05, 4.69) is 11.7 Å². The third-order valence-corrected chi connectivity index (χ3v) is 10.7. The molecule has 28 heavy (non-hydrogen) atoms. The second-order valence-electron chi connectivity index (χ2n) is 9.01. The van der Waals surface area contributed by atoms with Crippen LogP contribution in [0, 0.1) is 11.8 Å². The zero-order valence-electron chi connectivity index (χ0n) is 17.1. The molecule has 0 N–H and O–H groups in total. The van der Waals surface area contributed by atoms with E-state index in [1.807, 2.05) is 12.1 Å². The smallest absolute Gasteiger partial charge is 0.406 e. The predicted octanol–water partition coefficient (Wildman–Crippen LogP) is 7.69. The lowest BCUT2D eigenvalue weighted by molar-refractivity contribution is -0.274. The summed E-state index contributed by atoms with van der Waals surface area (Å²) in [5, 5.41) is 0. The molecule has 0 spiro atoms. The van der Waals surface area contributed by atoms with Crippen LogP contribution in [0.25, 0.3) is 0 Å². The fourth-order valence-electron chi connectivity index (χ4n) is 5.50. The normalized spacial score (nSPS) is 28.9. The number of hydrogen-bond acceptors (Lipinski definition) is 1. The molecule has 1 saturated carbocycles. The van der Waals surface area contributed by atoms with Crippen LogP contribution in [0.3, 0.4) is 0 Å². The fourth-order valence-corrected chi connectivity index (χ4v) is 9.03. The SMILES string of the molecule is CCCCC[SiH]1CCC(C2CCC(c3ccc(OC(F)(F)F)cc3)CC2)CC1. The molecule has 0 aromatic heterocycles. The highest BCUT2D eigenvalue weighted by Crippen LogP contribution is 2.44. The van der Waals surface area contributed by atoms with Crippen molar-refractivity contribution < 1.29 is 17.9 Å². The minimum Gasteiger partial charge on any atom is -0.406 e. The van der Waals surface area contributed by atoms with Gasteiger partial charge in [-0.25, -0.2) is 0 Å². The van der Waals surface area contributed by atoms with Crippen molar-refractivity contribution in [3.8, 4) is 5.75 Å². The van der Waals surface area contributed by atoms with Gasteiger partial charge in [0.1, 0.15) is 5.75 Å². The first-order valence-corrected chi connectivity index (χ1v) is 13.7. The zero-order chi connectivity index (χ0) is 20.0. The number of unbranched alkanes of at least 4 members (excludes halogenated alkanes) is 2. The van der Waals surface area contributed by atoms with E-state index in [-0.39, 0.29) is 5.75 Å². The summed E-state index contributed by atoms with van der Waals surface area (Å²) in [5.41, 5.74) is 1.17.